The summed E-state index contributed by atoms with van der Waals surface area (Å²) in [5, 5.41) is 1.72. The maximum Gasteiger partial charge on any atom is 0.274 e. The predicted octanol–water partition coefficient (Wildman–Crippen LogP) is 1.56. The summed E-state index contributed by atoms with van der Waals surface area (Å²) in [7, 11) is -3.75. The lowest BCUT2D eigenvalue weighted by Gasteiger charge is -2.37. The molecule has 2 aromatic rings. The van der Waals surface area contributed by atoms with Gasteiger partial charge < -0.3 is 14.4 Å². The Kier molecular flexibility index (Phi) is 4.60. The third-order valence-corrected chi connectivity index (χ3v) is 7.53. The van der Waals surface area contributed by atoms with Crippen LogP contribution in [0, 0.1) is 0 Å². The Labute approximate surface area is 155 Å². The van der Waals surface area contributed by atoms with Crippen LogP contribution in [0.5, 0.6) is 5.75 Å². The molecule has 1 atom stereocenters. The van der Waals surface area contributed by atoms with Crippen LogP contribution < -0.4 is 9.04 Å². The SMILES string of the molecule is O=C([C@H]1CN(S(=O)(=O)c2cccs2)c2ccccc2O1)N1CCOCC1. The molecule has 2 aliphatic rings. The Morgan fingerprint density at radius 2 is 1.88 bits per heavy atom. The lowest BCUT2D eigenvalue weighted by molar-refractivity contribution is -0.142. The highest BCUT2D eigenvalue weighted by atomic mass is 32.2. The highest BCUT2D eigenvalue weighted by molar-refractivity contribution is 7.94. The minimum absolute atomic E-state index is 0.0482. The number of carbonyl (C=O) groups is 1. The first kappa shape index (κ1) is 17.3. The Balaban J connectivity index is 1.68. The van der Waals surface area contributed by atoms with Crippen molar-refractivity contribution in [2.24, 2.45) is 0 Å². The van der Waals surface area contributed by atoms with E-state index in [4.69, 9.17) is 9.47 Å². The molecule has 9 heteroatoms. The van der Waals surface area contributed by atoms with E-state index in [9.17, 15) is 13.2 Å². The molecule has 0 spiro atoms. The van der Waals surface area contributed by atoms with Crippen molar-refractivity contribution in [1.82, 2.24) is 4.90 Å². The fourth-order valence-corrected chi connectivity index (χ4v) is 5.65. The first-order chi connectivity index (χ1) is 12.6. The number of anilines is 1. The van der Waals surface area contributed by atoms with E-state index in [1.807, 2.05) is 0 Å². The third kappa shape index (κ3) is 3.06. The van der Waals surface area contributed by atoms with Crippen LogP contribution in [-0.4, -0.2) is 58.2 Å². The molecule has 1 saturated heterocycles. The topological polar surface area (TPSA) is 76.2 Å². The number of para-hydroxylation sites is 2. The van der Waals surface area contributed by atoms with Gasteiger partial charge in [-0.2, -0.15) is 0 Å². The van der Waals surface area contributed by atoms with Crippen molar-refractivity contribution < 1.29 is 22.7 Å². The summed E-state index contributed by atoms with van der Waals surface area (Å²) in [6.07, 6.45) is -0.877. The van der Waals surface area contributed by atoms with Gasteiger partial charge in [0.15, 0.2) is 6.10 Å². The fraction of sp³-hybridized carbons (Fsp3) is 0.353. The molecule has 0 N–H and O–H groups in total. The molecule has 0 unspecified atom stereocenters. The van der Waals surface area contributed by atoms with Gasteiger partial charge in [-0.15, -0.1) is 11.3 Å². The number of fused-ring (bicyclic) bond motifs is 1. The average molecular weight is 394 g/mol. The van der Waals surface area contributed by atoms with Gasteiger partial charge in [-0.05, 0) is 23.6 Å². The van der Waals surface area contributed by atoms with E-state index in [1.54, 1.807) is 46.7 Å². The average Bonchev–Trinajstić information content (AvgIpc) is 3.23. The normalized spacial score (nSPS) is 20.4. The molecule has 0 aliphatic carbocycles. The summed E-state index contributed by atoms with van der Waals surface area (Å²) in [6.45, 7) is 1.88. The molecular weight excluding hydrogens is 376 g/mol. The predicted molar refractivity (Wildman–Crippen MR) is 97.1 cm³/mol. The second-order valence-corrected chi connectivity index (χ2v) is 9.02. The number of thiophene rings is 1. The van der Waals surface area contributed by atoms with Crippen LogP contribution >= 0.6 is 11.3 Å². The molecule has 26 heavy (non-hydrogen) atoms. The van der Waals surface area contributed by atoms with Crippen LogP contribution in [0.1, 0.15) is 0 Å². The Morgan fingerprint density at radius 1 is 1.12 bits per heavy atom. The molecule has 7 nitrogen and oxygen atoms in total. The van der Waals surface area contributed by atoms with Crippen LogP contribution in [-0.2, 0) is 19.6 Å². The summed E-state index contributed by atoms with van der Waals surface area (Å²) in [6, 6.07) is 10.2. The van der Waals surface area contributed by atoms with Crippen molar-refractivity contribution in [1.29, 1.82) is 0 Å². The molecule has 4 rings (SSSR count). The Bertz CT molecular complexity index is 892. The molecule has 1 amide bonds. The van der Waals surface area contributed by atoms with E-state index < -0.39 is 16.1 Å². The standard InChI is InChI=1S/C17H18N2O5S2/c20-17(18-7-9-23-10-8-18)15-12-19(13-4-1-2-5-14(13)24-15)26(21,22)16-6-3-11-25-16/h1-6,11,15H,7-10,12H2/t15-/m1/s1. The van der Waals surface area contributed by atoms with Crippen molar-refractivity contribution in [2.45, 2.75) is 10.3 Å². The van der Waals surface area contributed by atoms with E-state index in [0.717, 1.165) is 11.3 Å². The van der Waals surface area contributed by atoms with Crippen molar-refractivity contribution in [3.8, 4) is 5.75 Å². The first-order valence-electron chi connectivity index (χ1n) is 8.26. The van der Waals surface area contributed by atoms with Gasteiger partial charge in [0.1, 0.15) is 9.96 Å². The monoisotopic (exact) mass is 394 g/mol. The van der Waals surface area contributed by atoms with Crippen LogP contribution in [0.15, 0.2) is 46.0 Å². The number of benzene rings is 1. The van der Waals surface area contributed by atoms with Crippen molar-refractivity contribution in [3.63, 3.8) is 0 Å². The van der Waals surface area contributed by atoms with Crippen LogP contribution in [0.2, 0.25) is 0 Å². The van der Waals surface area contributed by atoms with Crippen LogP contribution in [0.3, 0.4) is 0 Å². The molecular formula is C17H18N2O5S2. The number of morpholine rings is 1. The number of hydrogen-bond donors (Lipinski definition) is 0. The van der Waals surface area contributed by atoms with Gasteiger partial charge in [-0.1, -0.05) is 18.2 Å². The highest BCUT2D eigenvalue weighted by Gasteiger charge is 2.39. The second-order valence-electron chi connectivity index (χ2n) is 5.98. The first-order valence-corrected chi connectivity index (χ1v) is 10.6. The van der Waals surface area contributed by atoms with Gasteiger partial charge in [0, 0.05) is 13.1 Å². The molecule has 1 aromatic carbocycles. The van der Waals surface area contributed by atoms with Crippen molar-refractivity contribution in [2.75, 3.05) is 37.2 Å². The quantitative estimate of drug-likeness (QED) is 0.790. The van der Waals surface area contributed by atoms with Gasteiger partial charge >= 0.3 is 0 Å². The zero-order valence-electron chi connectivity index (χ0n) is 13.9. The number of amides is 1. The smallest absolute Gasteiger partial charge is 0.274 e. The maximum absolute atomic E-state index is 13.1. The van der Waals surface area contributed by atoms with E-state index in [2.05, 4.69) is 0 Å². The van der Waals surface area contributed by atoms with E-state index in [0.29, 0.717) is 37.7 Å². The van der Waals surface area contributed by atoms with E-state index >= 15 is 0 Å². The molecule has 2 aliphatic heterocycles. The van der Waals surface area contributed by atoms with Crippen LogP contribution in [0.25, 0.3) is 0 Å². The minimum Gasteiger partial charge on any atom is -0.476 e. The number of ether oxygens (including phenoxy) is 2. The van der Waals surface area contributed by atoms with Gasteiger partial charge in [0.05, 0.1) is 25.4 Å². The zero-order chi connectivity index (χ0) is 18.1. The Morgan fingerprint density at radius 3 is 2.62 bits per heavy atom. The van der Waals surface area contributed by atoms with Crippen LogP contribution in [0.4, 0.5) is 5.69 Å². The second kappa shape index (κ2) is 6.90. The molecule has 1 fully saturated rings. The fourth-order valence-electron chi connectivity index (χ4n) is 3.06. The summed E-state index contributed by atoms with van der Waals surface area (Å²) in [4.78, 5) is 14.5. The number of sulfonamides is 1. The van der Waals surface area contributed by atoms with E-state index in [1.165, 1.54) is 4.31 Å². The van der Waals surface area contributed by atoms with Gasteiger partial charge in [-0.3, -0.25) is 9.10 Å². The molecule has 0 saturated carbocycles. The van der Waals surface area contributed by atoms with Gasteiger partial charge in [0.25, 0.3) is 15.9 Å². The van der Waals surface area contributed by atoms with Crippen molar-refractivity contribution in [3.05, 3.63) is 41.8 Å². The molecule has 1 aromatic heterocycles. The lowest BCUT2D eigenvalue weighted by atomic mass is 10.2. The maximum atomic E-state index is 13.1. The van der Waals surface area contributed by atoms with E-state index in [-0.39, 0.29) is 16.7 Å². The van der Waals surface area contributed by atoms with Crippen molar-refractivity contribution >= 4 is 33.0 Å². The summed E-state index contributed by atoms with van der Waals surface area (Å²) in [5.74, 6) is 0.180. The molecule has 3 heterocycles. The minimum atomic E-state index is -3.75. The molecule has 0 bridgehead atoms. The molecule has 0 radical (unpaired) electrons. The lowest BCUT2D eigenvalue weighted by Crippen LogP contribution is -2.53. The number of hydrogen-bond acceptors (Lipinski definition) is 6. The number of rotatable bonds is 3. The highest BCUT2D eigenvalue weighted by Crippen LogP contribution is 2.37. The Hall–Kier alpha value is -2.10. The zero-order valence-corrected chi connectivity index (χ0v) is 15.5. The van der Waals surface area contributed by atoms with Gasteiger partial charge in [0.2, 0.25) is 0 Å². The molecule has 138 valence electrons. The third-order valence-electron chi connectivity index (χ3n) is 4.37. The largest absolute Gasteiger partial charge is 0.476 e. The summed E-state index contributed by atoms with van der Waals surface area (Å²) < 4.78 is 38.8. The number of nitrogens with zero attached hydrogens (tertiary/aromatic N) is 2. The number of carbonyl (C=O) groups excluding carboxylic acids is 1. The van der Waals surface area contributed by atoms with Gasteiger partial charge in [-0.25, -0.2) is 8.42 Å². The summed E-state index contributed by atoms with van der Waals surface area (Å²) >= 11 is 1.15. The summed E-state index contributed by atoms with van der Waals surface area (Å²) in [5.41, 5.74) is 0.451.